The van der Waals surface area contributed by atoms with Crippen LogP contribution in [0.25, 0.3) is 0 Å². The Bertz CT molecular complexity index is 740. The molecule has 2 amide bonds. The molecule has 0 unspecified atom stereocenters. The van der Waals surface area contributed by atoms with Crippen LogP contribution < -0.4 is 10.6 Å². The lowest BCUT2D eigenvalue weighted by Crippen LogP contribution is -2.13. The van der Waals surface area contributed by atoms with Gasteiger partial charge in [0.05, 0.1) is 5.56 Å². The topological polar surface area (TPSA) is 95.5 Å². The van der Waals surface area contributed by atoms with E-state index in [-0.39, 0.29) is 11.5 Å². The smallest absolute Gasteiger partial charge is 0.335 e. The summed E-state index contributed by atoms with van der Waals surface area (Å²) in [5, 5.41) is 14.1. The molecule has 0 aliphatic rings. The molecule has 0 radical (unpaired) electrons. The molecule has 112 valence electrons. The Balaban J connectivity index is 2.17. The SMILES string of the molecule is CC(=O)Nc1cccc(C(=O)Nc2cccc(C(=O)O)c2)c1. The number of rotatable bonds is 4. The minimum atomic E-state index is -1.07. The maximum atomic E-state index is 12.2. The molecular formula is C16H14N2O4. The number of aromatic carboxylic acids is 1. The van der Waals surface area contributed by atoms with Crippen LogP contribution in [0, 0.1) is 0 Å². The van der Waals surface area contributed by atoms with Crippen molar-refractivity contribution in [3.05, 3.63) is 59.7 Å². The molecule has 0 saturated carbocycles. The van der Waals surface area contributed by atoms with Crippen molar-refractivity contribution in [2.24, 2.45) is 0 Å². The van der Waals surface area contributed by atoms with Gasteiger partial charge < -0.3 is 15.7 Å². The first kappa shape index (κ1) is 15.2. The first-order valence-corrected chi connectivity index (χ1v) is 6.48. The van der Waals surface area contributed by atoms with Crippen molar-refractivity contribution in [2.45, 2.75) is 6.92 Å². The molecule has 6 nitrogen and oxygen atoms in total. The van der Waals surface area contributed by atoms with E-state index >= 15 is 0 Å². The van der Waals surface area contributed by atoms with Crippen LogP contribution >= 0.6 is 0 Å². The van der Waals surface area contributed by atoms with Crippen LogP contribution in [0.2, 0.25) is 0 Å². The maximum Gasteiger partial charge on any atom is 0.335 e. The fraction of sp³-hybridized carbons (Fsp3) is 0.0625. The van der Waals surface area contributed by atoms with Crippen LogP contribution in [-0.2, 0) is 4.79 Å². The fourth-order valence-corrected chi connectivity index (χ4v) is 1.87. The van der Waals surface area contributed by atoms with Gasteiger partial charge in [0, 0.05) is 23.9 Å². The molecule has 0 aliphatic carbocycles. The number of carboxylic acids is 1. The number of benzene rings is 2. The van der Waals surface area contributed by atoms with E-state index < -0.39 is 11.9 Å². The molecule has 0 fully saturated rings. The second kappa shape index (κ2) is 6.53. The first-order chi connectivity index (χ1) is 10.5. The highest BCUT2D eigenvalue weighted by atomic mass is 16.4. The summed E-state index contributed by atoms with van der Waals surface area (Å²) in [6.45, 7) is 1.38. The average Bonchev–Trinajstić information content (AvgIpc) is 2.47. The summed E-state index contributed by atoms with van der Waals surface area (Å²) in [6, 6.07) is 12.4. The van der Waals surface area contributed by atoms with Gasteiger partial charge in [-0.05, 0) is 36.4 Å². The van der Waals surface area contributed by atoms with Crippen LogP contribution in [0.1, 0.15) is 27.6 Å². The van der Waals surface area contributed by atoms with E-state index in [4.69, 9.17) is 5.11 Å². The molecule has 0 aliphatic heterocycles. The molecule has 0 aromatic heterocycles. The van der Waals surface area contributed by atoms with Gasteiger partial charge in [0.15, 0.2) is 0 Å². The Morgan fingerprint density at radius 2 is 1.41 bits per heavy atom. The van der Waals surface area contributed by atoms with Gasteiger partial charge in [0.25, 0.3) is 5.91 Å². The summed E-state index contributed by atoms with van der Waals surface area (Å²) in [5.41, 5.74) is 1.34. The monoisotopic (exact) mass is 298 g/mol. The third-order valence-electron chi connectivity index (χ3n) is 2.81. The van der Waals surface area contributed by atoms with Gasteiger partial charge in [0.1, 0.15) is 0 Å². The third kappa shape index (κ3) is 3.92. The maximum absolute atomic E-state index is 12.2. The number of carbonyl (C=O) groups excluding carboxylic acids is 2. The van der Waals surface area contributed by atoms with Crippen LogP contribution in [-0.4, -0.2) is 22.9 Å². The van der Waals surface area contributed by atoms with Gasteiger partial charge >= 0.3 is 5.97 Å². The lowest BCUT2D eigenvalue weighted by atomic mass is 10.1. The normalized spacial score (nSPS) is 9.86. The number of hydrogen-bond donors (Lipinski definition) is 3. The zero-order chi connectivity index (χ0) is 16.1. The molecule has 6 heteroatoms. The molecule has 0 bridgehead atoms. The number of hydrogen-bond acceptors (Lipinski definition) is 3. The fourth-order valence-electron chi connectivity index (χ4n) is 1.87. The summed E-state index contributed by atoms with van der Waals surface area (Å²) in [7, 11) is 0. The Labute approximate surface area is 126 Å². The zero-order valence-corrected chi connectivity index (χ0v) is 11.8. The van der Waals surface area contributed by atoms with Gasteiger partial charge in [-0.15, -0.1) is 0 Å². The van der Waals surface area contributed by atoms with Crippen LogP contribution in [0.4, 0.5) is 11.4 Å². The Kier molecular flexibility index (Phi) is 4.53. The summed E-state index contributed by atoms with van der Waals surface area (Å²) >= 11 is 0. The minimum absolute atomic E-state index is 0.0878. The summed E-state index contributed by atoms with van der Waals surface area (Å²) < 4.78 is 0. The highest BCUT2D eigenvalue weighted by molar-refractivity contribution is 6.05. The standard InChI is InChI=1S/C16H14N2O4/c1-10(19)17-13-6-2-4-11(8-13)15(20)18-14-7-3-5-12(9-14)16(21)22/h2-9H,1H3,(H,17,19)(H,18,20)(H,21,22). The Hall–Kier alpha value is -3.15. The Morgan fingerprint density at radius 1 is 0.864 bits per heavy atom. The van der Waals surface area contributed by atoms with E-state index in [0.29, 0.717) is 16.9 Å². The number of nitrogens with one attached hydrogen (secondary N) is 2. The molecule has 2 rings (SSSR count). The van der Waals surface area contributed by atoms with E-state index in [1.165, 1.54) is 25.1 Å². The minimum Gasteiger partial charge on any atom is -0.478 e. The van der Waals surface area contributed by atoms with E-state index in [1.54, 1.807) is 30.3 Å². The van der Waals surface area contributed by atoms with Gasteiger partial charge in [0.2, 0.25) is 5.91 Å². The third-order valence-corrected chi connectivity index (χ3v) is 2.81. The van der Waals surface area contributed by atoms with Crippen molar-refractivity contribution in [1.29, 1.82) is 0 Å². The predicted molar refractivity (Wildman–Crippen MR) is 82.1 cm³/mol. The molecule has 0 spiro atoms. The van der Waals surface area contributed by atoms with Gasteiger partial charge in [-0.2, -0.15) is 0 Å². The molecule has 2 aromatic carbocycles. The molecule has 0 heterocycles. The van der Waals surface area contributed by atoms with Crippen molar-refractivity contribution in [3.8, 4) is 0 Å². The highest BCUT2D eigenvalue weighted by Gasteiger charge is 2.09. The predicted octanol–water partition coefficient (Wildman–Crippen LogP) is 2.60. The second-order valence-corrected chi connectivity index (χ2v) is 4.60. The van der Waals surface area contributed by atoms with Crippen LogP contribution in [0.5, 0.6) is 0 Å². The molecule has 2 aromatic rings. The average molecular weight is 298 g/mol. The van der Waals surface area contributed by atoms with Crippen molar-refractivity contribution < 1.29 is 19.5 Å². The number of carboxylic acid groups (broad SMARTS) is 1. The molecule has 3 N–H and O–H groups in total. The quantitative estimate of drug-likeness (QED) is 0.808. The van der Waals surface area contributed by atoms with E-state index in [1.807, 2.05) is 0 Å². The number of amides is 2. The van der Waals surface area contributed by atoms with Crippen molar-refractivity contribution in [1.82, 2.24) is 0 Å². The van der Waals surface area contributed by atoms with Gasteiger partial charge in [-0.3, -0.25) is 9.59 Å². The number of carbonyl (C=O) groups is 3. The van der Waals surface area contributed by atoms with Gasteiger partial charge in [-0.1, -0.05) is 12.1 Å². The largest absolute Gasteiger partial charge is 0.478 e. The highest BCUT2D eigenvalue weighted by Crippen LogP contribution is 2.15. The zero-order valence-electron chi connectivity index (χ0n) is 11.8. The second-order valence-electron chi connectivity index (χ2n) is 4.60. The van der Waals surface area contributed by atoms with E-state index in [0.717, 1.165) is 0 Å². The first-order valence-electron chi connectivity index (χ1n) is 6.48. The van der Waals surface area contributed by atoms with Crippen molar-refractivity contribution in [3.63, 3.8) is 0 Å². The lowest BCUT2D eigenvalue weighted by molar-refractivity contribution is -0.114. The van der Waals surface area contributed by atoms with E-state index in [2.05, 4.69) is 10.6 Å². The van der Waals surface area contributed by atoms with E-state index in [9.17, 15) is 14.4 Å². The molecule has 0 saturated heterocycles. The van der Waals surface area contributed by atoms with Crippen LogP contribution in [0.3, 0.4) is 0 Å². The summed E-state index contributed by atoms with van der Waals surface area (Å²) in [4.78, 5) is 34.1. The van der Waals surface area contributed by atoms with Crippen molar-refractivity contribution >= 4 is 29.2 Å². The Morgan fingerprint density at radius 3 is 2.00 bits per heavy atom. The molecule has 0 atom stereocenters. The lowest BCUT2D eigenvalue weighted by Gasteiger charge is -2.08. The summed E-state index contributed by atoms with van der Waals surface area (Å²) in [5.74, 6) is -1.69. The molecule has 22 heavy (non-hydrogen) atoms. The molecular weight excluding hydrogens is 284 g/mol. The number of anilines is 2. The van der Waals surface area contributed by atoms with Crippen LogP contribution in [0.15, 0.2) is 48.5 Å². The van der Waals surface area contributed by atoms with Gasteiger partial charge in [-0.25, -0.2) is 4.79 Å². The van der Waals surface area contributed by atoms with Crippen molar-refractivity contribution in [2.75, 3.05) is 10.6 Å². The summed E-state index contributed by atoms with van der Waals surface area (Å²) in [6.07, 6.45) is 0.